The Balaban J connectivity index is 2.16. The number of nitrogens with zero attached hydrogens (tertiary/aromatic N) is 1. The van der Waals surface area contributed by atoms with Crippen LogP contribution in [-0.4, -0.2) is 35.7 Å². The van der Waals surface area contributed by atoms with Crippen LogP contribution in [0.5, 0.6) is 0 Å². The van der Waals surface area contributed by atoms with E-state index in [0.29, 0.717) is 19.5 Å². The summed E-state index contributed by atoms with van der Waals surface area (Å²) in [6, 6.07) is 4.25. The summed E-state index contributed by atoms with van der Waals surface area (Å²) in [5.74, 6) is 0. The first kappa shape index (κ1) is 13.9. The van der Waals surface area contributed by atoms with Crippen molar-refractivity contribution in [2.45, 2.75) is 33.2 Å². The highest BCUT2D eigenvalue weighted by atomic mass is 16.3. The summed E-state index contributed by atoms with van der Waals surface area (Å²) in [6.45, 7) is 7.75. The Labute approximate surface area is 114 Å². The molecule has 0 radical (unpaired) electrons. The van der Waals surface area contributed by atoms with Crippen molar-refractivity contribution in [2.24, 2.45) is 0 Å². The average molecular weight is 262 g/mol. The number of carbonyl (C=O) groups is 1. The highest BCUT2D eigenvalue weighted by Crippen LogP contribution is 2.26. The number of aliphatic hydroxyl groups is 1. The number of aliphatic hydroxyl groups excluding tert-OH is 1. The molecule has 0 aliphatic carbocycles. The van der Waals surface area contributed by atoms with Crippen LogP contribution in [0.3, 0.4) is 0 Å². The molecule has 0 aromatic heterocycles. The van der Waals surface area contributed by atoms with Gasteiger partial charge in [-0.3, -0.25) is 0 Å². The minimum absolute atomic E-state index is 0.0314. The summed E-state index contributed by atoms with van der Waals surface area (Å²) in [5.41, 5.74) is 5.03. The Bertz CT molecular complexity index is 485. The van der Waals surface area contributed by atoms with E-state index >= 15 is 0 Å². The maximum absolute atomic E-state index is 11.9. The summed E-state index contributed by atoms with van der Waals surface area (Å²) in [7, 11) is 0. The summed E-state index contributed by atoms with van der Waals surface area (Å²) < 4.78 is 0. The van der Waals surface area contributed by atoms with Gasteiger partial charge in [-0.25, -0.2) is 4.79 Å². The van der Waals surface area contributed by atoms with Gasteiger partial charge in [0.25, 0.3) is 0 Å². The van der Waals surface area contributed by atoms with E-state index in [0.717, 1.165) is 0 Å². The second-order valence-electron chi connectivity index (χ2n) is 5.25. The van der Waals surface area contributed by atoms with Crippen molar-refractivity contribution >= 4 is 6.03 Å². The first-order valence-electron chi connectivity index (χ1n) is 6.77. The molecule has 4 heteroatoms. The summed E-state index contributed by atoms with van der Waals surface area (Å²) >= 11 is 0. The molecular formula is C15H22N2O2. The van der Waals surface area contributed by atoms with Crippen LogP contribution < -0.4 is 5.32 Å². The van der Waals surface area contributed by atoms with Crippen molar-refractivity contribution in [3.63, 3.8) is 0 Å². The van der Waals surface area contributed by atoms with E-state index in [1.165, 1.54) is 22.3 Å². The summed E-state index contributed by atoms with van der Waals surface area (Å²) in [6.07, 6.45) is 0.631. The Kier molecular flexibility index (Phi) is 4.10. The van der Waals surface area contributed by atoms with Gasteiger partial charge in [-0.1, -0.05) is 12.1 Å². The van der Waals surface area contributed by atoms with Gasteiger partial charge in [0.2, 0.25) is 0 Å². The fourth-order valence-electron chi connectivity index (χ4n) is 2.57. The van der Waals surface area contributed by atoms with E-state index in [2.05, 4.69) is 38.2 Å². The number of rotatable bonds is 4. The number of carbonyl (C=O) groups excluding carboxylic acids is 1. The largest absolute Gasteiger partial charge is 0.396 e. The highest BCUT2D eigenvalue weighted by Gasteiger charge is 2.30. The minimum Gasteiger partial charge on any atom is -0.396 e. The molecule has 2 amide bonds. The van der Waals surface area contributed by atoms with Gasteiger partial charge in [-0.05, 0) is 49.4 Å². The SMILES string of the molecule is Cc1ccc(C2CN(CCCO)C(=O)N2)c(C)c1C. The van der Waals surface area contributed by atoms with Gasteiger partial charge < -0.3 is 15.3 Å². The zero-order valence-electron chi connectivity index (χ0n) is 11.9. The Morgan fingerprint density at radius 2 is 2.05 bits per heavy atom. The molecule has 1 unspecified atom stereocenters. The summed E-state index contributed by atoms with van der Waals surface area (Å²) in [4.78, 5) is 13.6. The Morgan fingerprint density at radius 1 is 1.32 bits per heavy atom. The monoisotopic (exact) mass is 262 g/mol. The summed E-state index contributed by atoms with van der Waals surface area (Å²) in [5, 5.41) is 11.9. The van der Waals surface area contributed by atoms with Gasteiger partial charge in [-0.15, -0.1) is 0 Å². The lowest BCUT2D eigenvalue weighted by Crippen LogP contribution is -2.29. The molecule has 1 aromatic rings. The lowest BCUT2D eigenvalue weighted by atomic mass is 9.94. The number of aryl methyl sites for hydroxylation is 1. The Morgan fingerprint density at radius 3 is 2.74 bits per heavy atom. The Hall–Kier alpha value is -1.55. The number of benzene rings is 1. The lowest BCUT2D eigenvalue weighted by Gasteiger charge is -2.17. The molecule has 0 bridgehead atoms. The standard InChI is InChI=1S/C15H22N2O2/c1-10-5-6-13(12(3)11(10)2)14-9-17(7-4-8-18)15(19)16-14/h5-6,14,18H,4,7-9H2,1-3H3,(H,16,19). The average Bonchev–Trinajstić information content (AvgIpc) is 2.75. The zero-order valence-corrected chi connectivity index (χ0v) is 11.9. The number of amides is 2. The predicted octanol–water partition coefficient (Wildman–Crippen LogP) is 2.06. The van der Waals surface area contributed by atoms with Crippen molar-refractivity contribution in [3.8, 4) is 0 Å². The maximum Gasteiger partial charge on any atom is 0.318 e. The fourth-order valence-corrected chi connectivity index (χ4v) is 2.57. The normalized spacial score (nSPS) is 18.8. The van der Waals surface area contributed by atoms with E-state index in [1.54, 1.807) is 4.90 Å². The second-order valence-corrected chi connectivity index (χ2v) is 5.25. The molecule has 4 nitrogen and oxygen atoms in total. The molecule has 19 heavy (non-hydrogen) atoms. The van der Waals surface area contributed by atoms with Crippen molar-refractivity contribution in [1.82, 2.24) is 10.2 Å². The van der Waals surface area contributed by atoms with Crippen molar-refractivity contribution in [3.05, 3.63) is 34.4 Å². The molecule has 2 N–H and O–H groups in total. The lowest BCUT2D eigenvalue weighted by molar-refractivity contribution is 0.209. The van der Waals surface area contributed by atoms with Crippen LogP contribution in [0, 0.1) is 20.8 Å². The van der Waals surface area contributed by atoms with E-state index in [4.69, 9.17) is 5.11 Å². The van der Waals surface area contributed by atoms with Crippen LogP contribution in [0.1, 0.15) is 34.7 Å². The third-order valence-electron chi connectivity index (χ3n) is 4.05. The fraction of sp³-hybridized carbons (Fsp3) is 0.533. The number of urea groups is 1. The van der Waals surface area contributed by atoms with Gasteiger partial charge in [0.1, 0.15) is 0 Å². The first-order valence-corrected chi connectivity index (χ1v) is 6.77. The van der Waals surface area contributed by atoms with Crippen LogP contribution in [0.25, 0.3) is 0 Å². The zero-order chi connectivity index (χ0) is 14.0. The molecule has 2 rings (SSSR count). The second kappa shape index (κ2) is 5.61. The van der Waals surface area contributed by atoms with Gasteiger partial charge >= 0.3 is 6.03 Å². The van der Waals surface area contributed by atoms with Gasteiger partial charge in [0.05, 0.1) is 6.04 Å². The number of hydrogen-bond donors (Lipinski definition) is 2. The molecule has 1 atom stereocenters. The van der Waals surface area contributed by atoms with Crippen molar-refractivity contribution < 1.29 is 9.90 Å². The predicted molar refractivity (Wildman–Crippen MR) is 75.2 cm³/mol. The van der Waals surface area contributed by atoms with Gasteiger partial charge in [0.15, 0.2) is 0 Å². The van der Waals surface area contributed by atoms with E-state index < -0.39 is 0 Å². The minimum atomic E-state index is -0.0314. The molecule has 1 saturated heterocycles. The third kappa shape index (κ3) is 2.73. The van der Waals surface area contributed by atoms with Crippen molar-refractivity contribution in [2.75, 3.05) is 19.7 Å². The topological polar surface area (TPSA) is 52.6 Å². The number of hydrogen-bond acceptors (Lipinski definition) is 2. The van der Waals surface area contributed by atoms with E-state index in [-0.39, 0.29) is 18.7 Å². The molecule has 0 spiro atoms. The quantitative estimate of drug-likeness (QED) is 0.872. The molecule has 1 aromatic carbocycles. The van der Waals surface area contributed by atoms with Crippen LogP contribution in [0.15, 0.2) is 12.1 Å². The molecule has 104 valence electrons. The van der Waals surface area contributed by atoms with Crippen LogP contribution in [0.2, 0.25) is 0 Å². The van der Waals surface area contributed by atoms with Crippen LogP contribution in [-0.2, 0) is 0 Å². The molecule has 1 heterocycles. The smallest absolute Gasteiger partial charge is 0.318 e. The van der Waals surface area contributed by atoms with E-state index in [9.17, 15) is 4.79 Å². The highest BCUT2D eigenvalue weighted by molar-refractivity contribution is 5.77. The van der Waals surface area contributed by atoms with Crippen LogP contribution in [0.4, 0.5) is 4.79 Å². The van der Waals surface area contributed by atoms with E-state index in [1.807, 2.05) is 0 Å². The first-order chi connectivity index (χ1) is 9.04. The van der Waals surface area contributed by atoms with Gasteiger partial charge in [-0.2, -0.15) is 0 Å². The van der Waals surface area contributed by atoms with Crippen LogP contribution >= 0.6 is 0 Å². The molecular weight excluding hydrogens is 240 g/mol. The molecule has 1 aliphatic rings. The van der Waals surface area contributed by atoms with Gasteiger partial charge in [0, 0.05) is 19.7 Å². The molecule has 1 fully saturated rings. The molecule has 1 aliphatic heterocycles. The number of nitrogens with one attached hydrogen (secondary N) is 1. The maximum atomic E-state index is 11.9. The van der Waals surface area contributed by atoms with Crippen molar-refractivity contribution in [1.29, 1.82) is 0 Å². The third-order valence-corrected chi connectivity index (χ3v) is 4.05. The molecule has 0 saturated carbocycles.